The molecule has 0 atom stereocenters. The molecule has 0 radical (unpaired) electrons. The second kappa shape index (κ2) is 9.09. The van der Waals surface area contributed by atoms with Crippen molar-refractivity contribution in [3.63, 3.8) is 0 Å². The highest BCUT2D eigenvalue weighted by Crippen LogP contribution is 2.14. The Morgan fingerprint density at radius 3 is 2.65 bits per heavy atom. The van der Waals surface area contributed by atoms with Gasteiger partial charge < -0.3 is 10.3 Å². The number of thioether (sulfide) groups is 1. The van der Waals surface area contributed by atoms with Crippen LogP contribution in [0.2, 0.25) is 0 Å². The highest BCUT2D eigenvalue weighted by Gasteiger charge is 2.13. The number of aromatic amines is 1. The Balaban J connectivity index is 1.42. The molecule has 2 heterocycles. The van der Waals surface area contributed by atoms with Crippen LogP contribution in [0.25, 0.3) is 11.2 Å². The lowest BCUT2D eigenvalue weighted by atomic mass is 10.2. The molecular formula is C21H19FN6O2S. The molecular weight excluding hydrogens is 419 g/mol. The molecule has 0 saturated carbocycles. The molecule has 0 aliphatic carbocycles. The van der Waals surface area contributed by atoms with Gasteiger partial charge in [0.1, 0.15) is 11.6 Å². The van der Waals surface area contributed by atoms with E-state index in [0.29, 0.717) is 23.8 Å². The van der Waals surface area contributed by atoms with E-state index >= 15 is 0 Å². The van der Waals surface area contributed by atoms with Gasteiger partial charge in [0.2, 0.25) is 5.91 Å². The van der Waals surface area contributed by atoms with E-state index in [4.69, 9.17) is 0 Å². The average Bonchev–Trinajstić information content (AvgIpc) is 3.15. The van der Waals surface area contributed by atoms with Crippen LogP contribution in [0.1, 0.15) is 17.0 Å². The molecule has 2 N–H and O–H groups in total. The van der Waals surface area contributed by atoms with Gasteiger partial charge in [0, 0.05) is 5.69 Å². The van der Waals surface area contributed by atoms with E-state index in [-0.39, 0.29) is 23.0 Å². The fourth-order valence-corrected chi connectivity index (χ4v) is 3.61. The van der Waals surface area contributed by atoms with Gasteiger partial charge in [-0.2, -0.15) is 0 Å². The molecule has 0 bridgehead atoms. The summed E-state index contributed by atoms with van der Waals surface area (Å²) < 4.78 is 14.6. The first kappa shape index (κ1) is 20.7. The van der Waals surface area contributed by atoms with Gasteiger partial charge in [0.25, 0.3) is 5.56 Å². The molecule has 1 amide bonds. The number of nitrogens with one attached hydrogen (secondary N) is 2. The number of nitrogens with zero attached hydrogens (tertiary/aromatic N) is 4. The smallest absolute Gasteiger partial charge is 0.281 e. The number of hydrogen-bond donors (Lipinski definition) is 2. The number of H-pyrrole nitrogens is 1. The molecule has 8 nitrogen and oxygen atoms in total. The molecule has 2 aromatic heterocycles. The molecule has 0 aliphatic rings. The van der Waals surface area contributed by atoms with Gasteiger partial charge in [-0.3, -0.25) is 9.59 Å². The summed E-state index contributed by atoms with van der Waals surface area (Å²) in [6.07, 6.45) is 0. The highest BCUT2D eigenvalue weighted by molar-refractivity contribution is 7.99. The summed E-state index contributed by atoms with van der Waals surface area (Å²) in [6.45, 7) is 2.28. The van der Waals surface area contributed by atoms with Crippen LogP contribution in [0.3, 0.4) is 0 Å². The van der Waals surface area contributed by atoms with E-state index in [9.17, 15) is 14.0 Å². The maximum absolute atomic E-state index is 13.1. The molecule has 0 saturated heterocycles. The fourth-order valence-electron chi connectivity index (χ4n) is 2.92. The van der Waals surface area contributed by atoms with Gasteiger partial charge in [0.15, 0.2) is 11.2 Å². The summed E-state index contributed by atoms with van der Waals surface area (Å²) in [5.74, 6) is 0.512. The van der Waals surface area contributed by atoms with Gasteiger partial charge in [0.05, 0.1) is 18.1 Å². The predicted molar refractivity (Wildman–Crippen MR) is 117 cm³/mol. The number of amides is 1. The third-order valence-electron chi connectivity index (χ3n) is 4.48. The quantitative estimate of drug-likeness (QED) is 0.460. The minimum absolute atomic E-state index is 0.132. The van der Waals surface area contributed by atoms with E-state index in [1.807, 2.05) is 31.2 Å². The second-order valence-electron chi connectivity index (χ2n) is 6.97. The largest absolute Gasteiger partial charge is 0.325 e. The standard InChI is InChI=1S/C21H19FN6O2S/c1-13-2-8-16(9-3-13)23-18(29)12-31-11-17-24-20-19(21(30)25-17)26-27-28(20)10-14-4-6-15(22)7-5-14/h2-9H,10-12H2,1H3,(H,23,29)(H,24,25,30). The Labute approximate surface area is 180 Å². The molecule has 10 heteroatoms. The van der Waals surface area contributed by atoms with Crippen LogP contribution in [0, 0.1) is 12.7 Å². The van der Waals surface area contributed by atoms with Gasteiger partial charge in [-0.1, -0.05) is 35.0 Å². The zero-order valence-electron chi connectivity index (χ0n) is 16.6. The number of aromatic nitrogens is 5. The van der Waals surface area contributed by atoms with E-state index in [0.717, 1.165) is 16.8 Å². The summed E-state index contributed by atoms with van der Waals surface area (Å²) in [6, 6.07) is 13.5. The predicted octanol–water partition coefficient (Wildman–Crippen LogP) is 2.88. The monoisotopic (exact) mass is 438 g/mol. The minimum Gasteiger partial charge on any atom is -0.325 e. The SMILES string of the molecule is Cc1ccc(NC(=O)CSCc2nc3c(nnn3Cc3ccc(F)cc3)c(=O)[nH]2)cc1. The lowest BCUT2D eigenvalue weighted by Crippen LogP contribution is -2.15. The van der Waals surface area contributed by atoms with Crippen LogP contribution >= 0.6 is 11.8 Å². The van der Waals surface area contributed by atoms with Crippen LogP contribution in [0.5, 0.6) is 0 Å². The number of aryl methyl sites for hydroxylation is 1. The van der Waals surface area contributed by atoms with Crippen LogP contribution < -0.4 is 10.9 Å². The summed E-state index contributed by atoms with van der Waals surface area (Å²) in [5.41, 5.74) is 2.74. The van der Waals surface area contributed by atoms with Gasteiger partial charge in [-0.05, 0) is 36.8 Å². The van der Waals surface area contributed by atoms with E-state index in [1.54, 1.807) is 12.1 Å². The third-order valence-corrected chi connectivity index (χ3v) is 5.42. The van der Waals surface area contributed by atoms with Crippen LogP contribution in [0.15, 0.2) is 53.3 Å². The topological polar surface area (TPSA) is 106 Å². The number of anilines is 1. The van der Waals surface area contributed by atoms with Gasteiger partial charge in [-0.25, -0.2) is 14.1 Å². The van der Waals surface area contributed by atoms with Crippen molar-refractivity contribution in [2.45, 2.75) is 19.2 Å². The lowest BCUT2D eigenvalue weighted by Gasteiger charge is -2.06. The summed E-state index contributed by atoms with van der Waals surface area (Å²) >= 11 is 1.33. The van der Waals surface area contributed by atoms with Crippen molar-refractivity contribution in [1.82, 2.24) is 25.0 Å². The maximum Gasteiger partial charge on any atom is 0.281 e. The van der Waals surface area contributed by atoms with Gasteiger partial charge >= 0.3 is 0 Å². The Morgan fingerprint density at radius 2 is 1.90 bits per heavy atom. The Hall–Kier alpha value is -3.53. The second-order valence-corrected chi connectivity index (χ2v) is 7.95. The molecule has 0 spiro atoms. The Morgan fingerprint density at radius 1 is 1.16 bits per heavy atom. The zero-order valence-corrected chi connectivity index (χ0v) is 17.4. The average molecular weight is 438 g/mol. The van der Waals surface area contributed by atoms with Crippen molar-refractivity contribution in [2.24, 2.45) is 0 Å². The zero-order chi connectivity index (χ0) is 21.8. The molecule has 4 rings (SSSR count). The van der Waals surface area contributed by atoms with E-state index < -0.39 is 5.56 Å². The van der Waals surface area contributed by atoms with Crippen LogP contribution in [-0.2, 0) is 17.1 Å². The van der Waals surface area contributed by atoms with Crippen molar-refractivity contribution < 1.29 is 9.18 Å². The van der Waals surface area contributed by atoms with Gasteiger partial charge in [-0.15, -0.1) is 16.9 Å². The van der Waals surface area contributed by atoms with Crippen molar-refractivity contribution in [3.8, 4) is 0 Å². The maximum atomic E-state index is 13.1. The summed E-state index contributed by atoms with van der Waals surface area (Å²) in [7, 11) is 0. The van der Waals surface area contributed by atoms with Crippen LogP contribution in [-0.4, -0.2) is 36.6 Å². The molecule has 31 heavy (non-hydrogen) atoms. The number of benzene rings is 2. The van der Waals surface area contributed by atoms with E-state index in [2.05, 4.69) is 25.6 Å². The summed E-state index contributed by atoms with van der Waals surface area (Å²) in [5, 5.41) is 10.7. The molecule has 0 unspecified atom stereocenters. The lowest BCUT2D eigenvalue weighted by molar-refractivity contribution is -0.113. The molecule has 2 aromatic carbocycles. The summed E-state index contributed by atoms with van der Waals surface area (Å²) in [4.78, 5) is 31.6. The van der Waals surface area contributed by atoms with Crippen molar-refractivity contribution in [3.05, 3.63) is 81.7 Å². The number of halogens is 1. The Kier molecular flexibility index (Phi) is 6.08. The number of fused-ring (bicyclic) bond motifs is 1. The minimum atomic E-state index is -0.393. The number of carbonyl (C=O) groups is 1. The Bertz CT molecular complexity index is 1270. The van der Waals surface area contributed by atoms with Crippen molar-refractivity contribution in [1.29, 1.82) is 0 Å². The third kappa shape index (κ3) is 5.15. The molecule has 0 fully saturated rings. The fraction of sp³-hybridized carbons (Fsp3) is 0.190. The molecule has 0 aliphatic heterocycles. The number of carbonyl (C=O) groups excluding carboxylic acids is 1. The van der Waals surface area contributed by atoms with E-state index in [1.165, 1.54) is 28.6 Å². The first-order valence-electron chi connectivity index (χ1n) is 9.49. The van der Waals surface area contributed by atoms with Crippen LogP contribution in [0.4, 0.5) is 10.1 Å². The normalized spacial score (nSPS) is 11.0. The highest BCUT2D eigenvalue weighted by atomic mass is 32.2. The number of rotatable bonds is 7. The first-order valence-corrected chi connectivity index (χ1v) is 10.6. The molecule has 158 valence electrons. The van der Waals surface area contributed by atoms with Crippen molar-refractivity contribution in [2.75, 3.05) is 11.1 Å². The first-order chi connectivity index (χ1) is 15.0. The number of hydrogen-bond acceptors (Lipinski definition) is 6. The van der Waals surface area contributed by atoms with Crippen molar-refractivity contribution >= 4 is 34.5 Å². The molecule has 4 aromatic rings.